The highest BCUT2D eigenvalue weighted by Crippen LogP contribution is 2.38. The summed E-state index contributed by atoms with van der Waals surface area (Å²) in [4.78, 5) is 10.3. The molecule has 6 nitrogen and oxygen atoms in total. The average Bonchev–Trinajstić information content (AvgIpc) is 3.24. The Morgan fingerprint density at radius 2 is 2.04 bits per heavy atom. The van der Waals surface area contributed by atoms with Crippen LogP contribution >= 0.6 is 0 Å². The predicted molar refractivity (Wildman–Crippen MR) is 103 cm³/mol. The molecule has 1 aliphatic carbocycles. The van der Waals surface area contributed by atoms with Gasteiger partial charge >= 0.3 is 0 Å². The molecule has 1 saturated heterocycles. The molecule has 3 heterocycles. The van der Waals surface area contributed by atoms with Gasteiger partial charge in [-0.15, -0.1) is 0 Å². The summed E-state index contributed by atoms with van der Waals surface area (Å²) in [6.45, 7) is 3.86. The zero-order valence-electron chi connectivity index (χ0n) is 15.6. The molecule has 0 atom stereocenters. The number of fused-ring (bicyclic) bond motifs is 1. The zero-order chi connectivity index (χ0) is 18.1. The summed E-state index contributed by atoms with van der Waals surface area (Å²) in [5.74, 6) is 2.12. The molecule has 5 rings (SSSR count). The molecule has 2 aromatic heterocycles. The van der Waals surface area contributed by atoms with E-state index < -0.39 is 0 Å². The maximum absolute atomic E-state index is 6.06. The summed E-state index contributed by atoms with van der Waals surface area (Å²) < 4.78 is 11.4. The summed E-state index contributed by atoms with van der Waals surface area (Å²) in [7, 11) is 0. The molecule has 0 spiro atoms. The predicted octanol–water partition coefficient (Wildman–Crippen LogP) is 3.65. The van der Waals surface area contributed by atoms with Gasteiger partial charge in [-0.05, 0) is 48.8 Å². The molecule has 0 radical (unpaired) electrons. The second kappa shape index (κ2) is 7.44. The van der Waals surface area contributed by atoms with E-state index in [4.69, 9.17) is 9.26 Å². The third-order valence-corrected chi connectivity index (χ3v) is 5.65. The van der Waals surface area contributed by atoms with E-state index in [-0.39, 0.29) is 0 Å². The Hall–Kier alpha value is -2.18. The fourth-order valence-electron chi connectivity index (χ4n) is 3.87. The molecule has 0 amide bonds. The lowest BCUT2D eigenvalue weighted by Crippen LogP contribution is -2.36. The molecule has 6 heteroatoms. The van der Waals surface area contributed by atoms with Crippen LogP contribution in [0.2, 0.25) is 0 Å². The summed E-state index contributed by atoms with van der Waals surface area (Å²) >= 11 is 0. The minimum atomic E-state index is 0.349. The van der Waals surface area contributed by atoms with Gasteiger partial charge in [-0.3, -0.25) is 4.90 Å². The highest BCUT2D eigenvalue weighted by atomic mass is 16.5. The Kier molecular flexibility index (Phi) is 4.67. The standard InChI is InChI=1S/C21H26N4O2/c1-2-16-5-9-22-19(16)13-15(1)14-25-10-6-18(7-11-25)26-12-8-20-23-21(27-24-20)17-3-4-17/h1-2,5,9,13,17-18,22H,3-4,6-8,10-12,14H2. The molecule has 1 N–H and O–H groups in total. The number of H-pyrrole nitrogens is 1. The Bertz CT molecular complexity index is 890. The number of piperidine rings is 1. The first-order chi connectivity index (χ1) is 13.3. The molecule has 142 valence electrons. The van der Waals surface area contributed by atoms with Gasteiger partial charge in [0.05, 0.1) is 12.7 Å². The van der Waals surface area contributed by atoms with Crippen LogP contribution in [0, 0.1) is 0 Å². The van der Waals surface area contributed by atoms with Gasteiger partial charge in [-0.2, -0.15) is 4.98 Å². The molecular formula is C21H26N4O2. The van der Waals surface area contributed by atoms with Crippen LogP contribution < -0.4 is 0 Å². The number of nitrogens with zero attached hydrogens (tertiary/aromatic N) is 3. The Balaban J connectivity index is 1.05. The average molecular weight is 366 g/mol. The number of aromatic amines is 1. The number of likely N-dealkylation sites (tertiary alicyclic amines) is 1. The Morgan fingerprint density at radius 3 is 2.89 bits per heavy atom. The van der Waals surface area contributed by atoms with Crippen LogP contribution in [0.5, 0.6) is 0 Å². The van der Waals surface area contributed by atoms with E-state index in [2.05, 4.69) is 44.3 Å². The van der Waals surface area contributed by atoms with Gasteiger partial charge < -0.3 is 14.2 Å². The number of nitrogens with one attached hydrogen (secondary N) is 1. The zero-order valence-corrected chi connectivity index (χ0v) is 15.6. The number of benzene rings is 1. The lowest BCUT2D eigenvalue weighted by molar-refractivity contribution is 0.00677. The first-order valence-electron chi connectivity index (χ1n) is 10.1. The van der Waals surface area contributed by atoms with E-state index in [0.29, 0.717) is 18.6 Å². The molecule has 2 aliphatic rings. The van der Waals surface area contributed by atoms with E-state index in [1.54, 1.807) is 0 Å². The lowest BCUT2D eigenvalue weighted by atomic mass is 10.1. The lowest BCUT2D eigenvalue weighted by Gasteiger charge is -2.31. The molecular weight excluding hydrogens is 340 g/mol. The van der Waals surface area contributed by atoms with Gasteiger partial charge in [-0.1, -0.05) is 17.3 Å². The van der Waals surface area contributed by atoms with Crippen molar-refractivity contribution in [1.29, 1.82) is 0 Å². The van der Waals surface area contributed by atoms with Crippen molar-refractivity contribution in [3.05, 3.63) is 47.7 Å². The van der Waals surface area contributed by atoms with E-state index in [9.17, 15) is 0 Å². The van der Waals surface area contributed by atoms with E-state index >= 15 is 0 Å². The minimum Gasteiger partial charge on any atom is -0.378 e. The smallest absolute Gasteiger partial charge is 0.229 e. The maximum Gasteiger partial charge on any atom is 0.229 e. The van der Waals surface area contributed by atoms with Crippen molar-refractivity contribution in [2.24, 2.45) is 0 Å². The third kappa shape index (κ3) is 4.06. The third-order valence-electron chi connectivity index (χ3n) is 5.65. The Labute approximate surface area is 158 Å². The second-order valence-corrected chi connectivity index (χ2v) is 7.82. The van der Waals surface area contributed by atoms with E-state index in [0.717, 1.165) is 50.6 Å². The summed E-state index contributed by atoms with van der Waals surface area (Å²) in [5, 5.41) is 5.33. The van der Waals surface area contributed by atoms with Gasteiger partial charge in [0.2, 0.25) is 5.89 Å². The van der Waals surface area contributed by atoms with Crippen molar-refractivity contribution in [3.8, 4) is 0 Å². The van der Waals surface area contributed by atoms with Gasteiger partial charge in [-0.25, -0.2) is 0 Å². The SMILES string of the molecule is c1cc2ccc(CN3CCC(OCCc4noc(C5CC5)n4)CC3)cc2[nH]1. The fourth-order valence-corrected chi connectivity index (χ4v) is 3.87. The monoisotopic (exact) mass is 366 g/mol. The van der Waals surface area contributed by atoms with Crippen LogP contribution in [0.4, 0.5) is 0 Å². The number of ether oxygens (including phenoxy) is 1. The second-order valence-electron chi connectivity index (χ2n) is 7.82. The highest BCUT2D eigenvalue weighted by molar-refractivity contribution is 5.79. The first-order valence-corrected chi connectivity index (χ1v) is 10.1. The van der Waals surface area contributed by atoms with Crippen molar-refractivity contribution >= 4 is 10.9 Å². The quantitative estimate of drug-likeness (QED) is 0.691. The molecule has 1 aromatic carbocycles. The molecule has 0 unspecified atom stereocenters. The van der Waals surface area contributed by atoms with Crippen LogP contribution in [0.3, 0.4) is 0 Å². The van der Waals surface area contributed by atoms with Crippen LogP contribution in [0.1, 0.15) is 48.9 Å². The Morgan fingerprint density at radius 1 is 1.15 bits per heavy atom. The number of aromatic nitrogens is 3. The number of hydrogen-bond donors (Lipinski definition) is 1. The molecule has 27 heavy (non-hydrogen) atoms. The molecule has 0 bridgehead atoms. The van der Waals surface area contributed by atoms with Gasteiger partial charge in [0.15, 0.2) is 5.82 Å². The molecule has 2 fully saturated rings. The van der Waals surface area contributed by atoms with Gasteiger partial charge in [0.1, 0.15) is 0 Å². The molecule has 1 saturated carbocycles. The maximum atomic E-state index is 6.06. The van der Waals surface area contributed by atoms with Crippen molar-refractivity contribution < 1.29 is 9.26 Å². The van der Waals surface area contributed by atoms with Gasteiger partial charge in [0, 0.05) is 43.7 Å². The first kappa shape index (κ1) is 17.0. The fraction of sp³-hybridized carbons (Fsp3) is 0.524. The highest BCUT2D eigenvalue weighted by Gasteiger charge is 2.29. The van der Waals surface area contributed by atoms with E-state index in [1.165, 1.54) is 29.3 Å². The van der Waals surface area contributed by atoms with Crippen LogP contribution in [0.25, 0.3) is 10.9 Å². The van der Waals surface area contributed by atoms with Crippen LogP contribution in [-0.4, -0.2) is 45.8 Å². The topological polar surface area (TPSA) is 67.2 Å². The largest absolute Gasteiger partial charge is 0.378 e. The van der Waals surface area contributed by atoms with E-state index in [1.807, 2.05) is 6.20 Å². The minimum absolute atomic E-state index is 0.349. The van der Waals surface area contributed by atoms with Crippen molar-refractivity contribution in [1.82, 2.24) is 20.0 Å². The molecule has 3 aromatic rings. The van der Waals surface area contributed by atoms with Crippen molar-refractivity contribution in [2.45, 2.75) is 50.7 Å². The summed E-state index contributed by atoms with van der Waals surface area (Å²) in [6, 6.07) is 8.81. The normalized spacial score (nSPS) is 19.1. The summed E-state index contributed by atoms with van der Waals surface area (Å²) in [5.41, 5.74) is 2.59. The molecule has 1 aliphatic heterocycles. The number of rotatable bonds is 7. The number of hydrogen-bond acceptors (Lipinski definition) is 5. The van der Waals surface area contributed by atoms with Crippen LogP contribution in [0.15, 0.2) is 35.0 Å². The van der Waals surface area contributed by atoms with Crippen molar-refractivity contribution in [3.63, 3.8) is 0 Å². The van der Waals surface area contributed by atoms with Crippen molar-refractivity contribution in [2.75, 3.05) is 19.7 Å². The van der Waals surface area contributed by atoms with Gasteiger partial charge in [0.25, 0.3) is 0 Å². The van der Waals surface area contributed by atoms with Crippen LogP contribution in [-0.2, 0) is 17.7 Å². The summed E-state index contributed by atoms with van der Waals surface area (Å²) in [6.07, 6.45) is 7.65.